The summed E-state index contributed by atoms with van der Waals surface area (Å²) in [4.78, 5) is 18.0. The van der Waals surface area contributed by atoms with Crippen LogP contribution in [0.1, 0.15) is 37.9 Å². The number of primary amides is 1. The van der Waals surface area contributed by atoms with Crippen molar-refractivity contribution in [2.75, 3.05) is 40.4 Å². The number of piperidine rings is 1. The van der Waals surface area contributed by atoms with Crippen molar-refractivity contribution in [2.45, 2.75) is 32.3 Å². The largest absolute Gasteiger partial charge is 0.497 e. The second kappa shape index (κ2) is 10.8. The molecule has 8 nitrogen and oxygen atoms in total. The number of carbonyl (C=O) groups is 1. The van der Waals surface area contributed by atoms with Gasteiger partial charge in [0.15, 0.2) is 5.96 Å². The van der Waals surface area contributed by atoms with Crippen molar-refractivity contribution in [1.82, 2.24) is 10.2 Å². The average molecular weight is 393 g/mol. The number of methoxy groups -OCH3 is 2. The second-order valence-electron chi connectivity index (χ2n) is 6.94. The Labute approximate surface area is 166 Å². The summed E-state index contributed by atoms with van der Waals surface area (Å²) in [6.45, 7) is 4.49. The predicted molar refractivity (Wildman–Crippen MR) is 109 cm³/mol. The molecule has 1 aliphatic heterocycles. The number of amides is 1. The molecule has 2 rings (SSSR count). The van der Waals surface area contributed by atoms with E-state index < -0.39 is 6.10 Å². The first-order chi connectivity index (χ1) is 13.5. The molecule has 0 saturated carbocycles. The van der Waals surface area contributed by atoms with Gasteiger partial charge in [-0.3, -0.25) is 9.79 Å². The van der Waals surface area contributed by atoms with Gasteiger partial charge in [-0.1, -0.05) is 0 Å². The maximum atomic E-state index is 11.3. The number of guanidine groups is 1. The quantitative estimate of drug-likeness (QED) is 0.454. The van der Waals surface area contributed by atoms with E-state index in [0.717, 1.165) is 31.9 Å². The molecule has 0 spiro atoms. The fraction of sp³-hybridized carbons (Fsp3) is 0.600. The highest BCUT2D eigenvalue weighted by Gasteiger charge is 2.24. The lowest BCUT2D eigenvalue weighted by Gasteiger charge is -2.34. The van der Waals surface area contributed by atoms with Gasteiger partial charge in [-0.2, -0.15) is 0 Å². The number of aliphatic imine (C=N–C) groups is 1. The van der Waals surface area contributed by atoms with Crippen molar-refractivity contribution in [2.24, 2.45) is 16.6 Å². The maximum absolute atomic E-state index is 11.3. The van der Waals surface area contributed by atoms with Gasteiger partial charge < -0.3 is 30.5 Å². The van der Waals surface area contributed by atoms with Crippen molar-refractivity contribution in [1.29, 1.82) is 0 Å². The highest BCUT2D eigenvalue weighted by molar-refractivity contribution is 5.80. The van der Waals surface area contributed by atoms with E-state index >= 15 is 0 Å². The first-order valence-electron chi connectivity index (χ1n) is 9.70. The molecule has 1 amide bonds. The van der Waals surface area contributed by atoms with Gasteiger partial charge in [0, 0.05) is 31.6 Å². The third kappa shape index (κ3) is 6.02. The number of benzene rings is 1. The number of rotatable bonds is 8. The number of hydrogen-bond acceptors (Lipinski definition) is 5. The highest BCUT2D eigenvalue weighted by Crippen LogP contribution is 2.29. The fourth-order valence-electron chi connectivity index (χ4n) is 3.51. The molecule has 0 aliphatic carbocycles. The van der Waals surface area contributed by atoms with Crippen molar-refractivity contribution in [3.05, 3.63) is 23.8 Å². The van der Waals surface area contributed by atoms with Crippen LogP contribution in [0.25, 0.3) is 0 Å². The number of nitrogens with zero attached hydrogens (tertiary/aromatic N) is 2. The van der Waals surface area contributed by atoms with Crippen LogP contribution in [0.3, 0.4) is 0 Å². The smallest absolute Gasteiger partial charge is 0.217 e. The van der Waals surface area contributed by atoms with E-state index in [1.54, 1.807) is 32.4 Å². The number of aliphatic hydroxyl groups excluding tert-OH is 1. The summed E-state index contributed by atoms with van der Waals surface area (Å²) in [5.74, 6) is 1.94. The minimum Gasteiger partial charge on any atom is -0.497 e. The molecule has 8 heteroatoms. The average Bonchev–Trinajstić information content (AvgIpc) is 2.70. The van der Waals surface area contributed by atoms with Crippen LogP contribution in [-0.2, 0) is 4.79 Å². The van der Waals surface area contributed by atoms with Crippen molar-refractivity contribution < 1.29 is 19.4 Å². The standard InChI is InChI=1S/C20H32N4O4/c1-4-22-20(24-9-5-6-14(13-24)10-19(21)26)23-12-17(25)16-11-15(27-2)7-8-18(16)28-3/h7-8,11,14,17,25H,4-6,9-10,12-13H2,1-3H3,(H2,21,26)(H,22,23). The van der Waals surface area contributed by atoms with Crippen molar-refractivity contribution in [3.8, 4) is 11.5 Å². The maximum Gasteiger partial charge on any atom is 0.217 e. The van der Waals surface area contributed by atoms with Gasteiger partial charge in [-0.25, -0.2) is 0 Å². The first-order valence-corrected chi connectivity index (χ1v) is 9.70. The molecule has 0 bridgehead atoms. The van der Waals surface area contributed by atoms with Gasteiger partial charge in [0.25, 0.3) is 0 Å². The first kappa shape index (κ1) is 21.8. The van der Waals surface area contributed by atoms with E-state index in [2.05, 4.69) is 15.2 Å². The Morgan fingerprint density at radius 1 is 1.43 bits per heavy atom. The molecular weight excluding hydrogens is 360 g/mol. The Hall–Kier alpha value is -2.48. The normalized spacial score (nSPS) is 18.5. The minimum absolute atomic E-state index is 0.183. The molecule has 2 atom stereocenters. The van der Waals surface area contributed by atoms with E-state index in [1.807, 2.05) is 6.92 Å². The molecule has 1 saturated heterocycles. The molecule has 28 heavy (non-hydrogen) atoms. The van der Waals surface area contributed by atoms with Gasteiger partial charge in [0.1, 0.15) is 17.6 Å². The summed E-state index contributed by atoms with van der Waals surface area (Å²) in [6.07, 6.45) is 1.53. The van der Waals surface area contributed by atoms with Crippen LogP contribution in [-0.4, -0.2) is 62.3 Å². The SMILES string of the molecule is CCNC(=NCC(O)c1cc(OC)ccc1OC)N1CCCC(CC(N)=O)C1. The van der Waals surface area contributed by atoms with E-state index in [-0.39, 0.29) is 18.4 Å². The van der Waals surface area contributed by atoms with Crippen molar-refractivity contribution >= 4 is 11.9 Å². The second-order valence-corrected chi connectivity index (χ2v) is 6.94. The fourth-order valence-corrected chi connectivity index (χ4v) is 3.51. The lowest BCUT2D eigenvalue weighted by atomic mass is 9.95. The van der Waals surface area contributed by atoms with Gasteiger partial charge >= 0.3 is 0 Å². The van der Waals surface area contributed by atoms with Gasteiger partial charge in [0.2, 0.25) is 5.91 Å². The zero-order valence-electron chi connectivity index (χ0n) is 17.0. The monoisotopic (exact) mass is 392 g/mol. The number of ether oxygens (including phenoxy) is 2. The highest BCUT2D eigenvalue weighted by atomic mass is 16.5. The van der Waals surface area contributed by atoms with E-state index in [4.69, 9.17) is 15.2 Å². The molecule has 1 fully saturated rings. The Kier molecular flexibility index (Phi) is 8.38. The Balaban J connectivity index is 2.12. The van der Waals surface area contributed by atoms with Crippen molar-refractivity contribution in [3.63, 3.8) is 0 Å². The van der Waals surface area contributed by atoms with Crippen LogP contribution in [0.5, 0.6) is 11.5 Å². The van der Waals surface area contributed by atoms with E-state index in [0.29, 0.717) is 30.0 Å². The number of hydrogen-bond donors (Lipinski definition) is 3. The number of nitrogens with two attached hydrogens (primary N) is 1. The van der Waals surface area contributed by atoms with E-state index in [9.17, 15) is 9.90 Å². The van der Waals surface area contributed by atoms with Crippen LogP contribution in [0.4, 0.5) is 0 Å². The molecule has 1 aliphatic rings. The Bertz CT molecular complexity index is 680. The molecule has 1 heterocycles. The van der Waals surface area contributed by atoms with Crippen LogP contribution in [0.15, 0.2) is 23.2 Å². The van der Waals surface area contributed by atoms with Gasteiger partial charge in [-0.15, -0.1) is 0 Å². The van der Waals surface area contributed by atoms with Crippen LogP contribution >= 0.6 is 0 Å². The molecular formula is C20H32N4O4. The number of aliphatic hydroxyl groups is 1. The zero-order chi connectivity index (χ0) is 20.5. The molecule has 1 aromatic carbocycles. The lowest BCUT2D eigenvalue weighted by molar-refractivity contribution is -0.119. The summed E-state index contributed by atoms with van der Waals surface area (Å²) >= 11 is 0. The summed E-state index contributed by atoms with van der Waals surface area (Å²) in [7, 11) is 3.15. The van der Waals surface area contributed by atoms with Gasteiger partial charge in [0.05, 0.1) is 20.8 Å². The molecule has 4 N–H and O–H groups in total. The molecule has 0 aromatic heterocycles. The minimum atomic E-state index is -0.829. The number of nitrogens with one attached hydrogen (secondary N) is 1. The molecule has 1 aromatic rings. The van der Waals surface area contributed by atoms with Gasteiger partial charge in [-0.05, 0) is 43.9 Å². The predicted octanol–water partition coefficient (Wildman–Crippen LogP) is 1.29. The summed E-state index contributed by atoms with van der Waals surface area (Å²) in [6, 6.07) is 5.32. The Morgan fingerprint density at radius 2 is 2.21 bits per heavy atom. The summed E-state index contributed by atoms with van der Waals surface area (Å²) in [5, 5.41) is 14.0. The zero-order valence-corrected chi connectivity index (χ0v) is 17.0. The van der Waals surface area contributed by atoms with Crippen LogP contribution in [0, 0.1) is 5.92 Å². The van der Waals surface area contributed by atoms with Crippen LogP contribution < -0.4 is 20.5 Å². The van der Waals surface area contributed by atoms with E-state index in [1.165, 1.54) is 0 Å². The lowest BCUT2D eigenvalue weighted by Crippen LogP contribution is -2.47. The third-order valence-electron chi connectivity index (χ3n) is 4.85. The number of likely N-dealkylation sites (tertiary alicyclic amines) is 1. The third-order valence-corrected chi connectivity index (χ3v) is 4.85. The Morgan fingerprint density at radius 3 is 2.86 bits per heavy atom. The van der Waals surface area contributed by atoms with Crippen LogP contribution in [0.2, 0.25) is 0 Å². The molecule has 0 radical (unpaired) electrons. The topological polar surface area (TPSA) is 109 Å². The molecule has 2 unspecified atom stereocenters. The summed E-state index contributed by atoms with van der Waals surface area (Å²) < 4.78 is 10.6. The molecule has 156 valence electrons. The summed E-state index contributed by atoms with van der Waals surface area (Å²) in [5.41, 5.74) is 5.99. The number of carbonyl (C=O) groups excluding carboxylic acids is 1.